The van der Waals surface area contributed by atoms with Crippen molar-refractivity contribution in [2.24, 2.45) is 5.92 Å². The monoisotopic (exact) mass is 519 g/mol. The third-order valence-corrected chi connectivity index (χ3v) is 6.62. The van der Waals surface area contributed by atoms with Crippen molar-refractivity contribution < 1.29 is 19.0 Å². The summed E-state index contributed by atoms with van der Waals surface area (Å²) in [5, 5.41) is 10.2. The van der Waals surface area contributed by atoms with Crippen molar-refractivity contribution in [2.75, 3.05) is 7.11 Å². The lowest BCUT2D eigenvalue weighted by Crippen LogP contribution is -2.45. The Labute approximate surface area is 222 Å². The number of benzene rings is 2. The molecule has 8 heteroatoms. The van der Waals surface area contributed by atoms with Crippen molar-refractivity contribution in [1.82, 2.24) is 9.97 Å². The van der Waals surface area contributed by atoms with E-state index in [1.54, 1.807) is 48.8 Å². The second kappa shape index (κ2) is 10.5. The van der Waals surface area contributed by atoms with Gasteiger partial charge >= 0.3 is 6.01 Å². The van der Waals surface area contributed by atoms with Gasteiger partial charge in [0, 0.05) is 35.5 Å². The number of carbonyl (C=O) groups excluding carboxylic acids is 1. The normalized spacial score (nSPS) is 16.6. The highest BCUT2D eigenvalue weighted by Gasteiger charge is 2.39. The molecule has 192 valence electrons. The van der Waals surface area contributed by atoms with E-state index in [-0.39, 0.29) is 28.9 Å². The van der Waals surface area contributed by atoms with Crippen LogP contribution in [0.2, 0.25) is 5.02 Å². The summed E-state index contributed by atoms with van der Waals surface area (Å²) in [5.74, 6) is 0.949. The first-order valence-corrected chi connectivity index (χ1v) is 12.5. The molecule has 2 aromatic carbocycles. The van der Waals surface area contributed by atoms with Crippen molar-refractivity contribution in [2.45, 2.75) is 58.2 Å². The highest BCUT2D eigenvalue weighted by molar-refractivity contribution is 6.32. The van der Waals surface area contributed by atoms with Gasteiger partial charge in [-0.3, -0.25) is 4.79 Å². The Kier molecular flexibility index (Phi) is 7.54. The van der Waals surface area contributed by atoms with E-state index in [0.29, 0.717) is 45.2 Å². The van der Waals surface area contributed by atoms with Crippen LogP contribution in [-0.2, 0) is 4.74 Å². The number of ether oxygens (including phenoxy) is 3. The molecule has 0 N–H and O–H groups in total. The first-order chi connectivity index (χ1) is 17.5. The predicted molar refractivity (Wildman–Crippen MR) is 141 cm³/mol. The van der Waals surface area contributed by atoms with Gasteiger partial charge in [0.2, 0.25) is 0 Å². The van der Waals surface area contributed by atoms with Crippen molar-refractivity contribution in [3.8, 4) is 34.7 Å². The Balaban J connectivity index is 1.53. The molecule has 7 nitrogen and oxygen atoms in total. The average molecular weight is 520 g/mol. The minimum absolute atomic E-state index is 0.0335. The molecule has 1 aliphatic heterocycles. The number of ketones is 1. The van der Waals surface area contributed by atoms with Gasteiger partial charge in [0.05, 0.1) is 23.3 Å². The summed E-state index contributed by atoms with van der Waals surface area (Å²) < 4.78 is 17.2. The number of aromatic nitrogens is 2. The van der Waals surface area contributed by atoms with Crippen LogP contribution in [0.15, 0.2) is 48.8 Å². The van der Waals surface area contributed by atoms with Crippen LogP contribution in [0, 0.1) is 17.2 Å². The number of Topliss-reactive ketones (excluding diaryl/α,β-unsaturated/α-hetero) is 1. The van der Waals surface area contributed by atoms with Crippen LogP contribution >= 0.6 is 11.6 Å². The zero-order valence-electron chi connectivity index (χ0n) is 21.7. The van der Waals surface area contributed by atoms with Gasteiger partial charge < -0.3 is 14.2 Å². The molecule has 1 aliphatic rings. The second-order valence-electron chi connectivity index (χ2n) is 10.5. The zero-order chi connectivity index (χ0) is 26.8. The number of hydrogen-bond acceptors (Lipinski definition) is 7. The van der Waals surface area contributed by atoms with Crippen LogP contribution < -0.4 is 9.47 Å². The summed E-state index contributed by atoms with van der Waals surface area (Å²) in [6.45, 7) is 8.28. The first-order valence-electron chi connectivity index (χ1n) is 12.1. The number of hydrogen-bond donors (Lipinski definition) is 0. The zero-order valence-corrected chi connectivity index (χ0v) is 22.4. The number of carbonyl (C=O) groups is 1. The van der Waals surface area contributed by atoms with Crippen LogP contribution in [0.3, 0.4) is 0 Å². The standard InChI is InChI=1S/C29H30ClN3O4/c1-28(2)13-18(14-29(3,4)37-28)11-24(34)19-9-10-26(23(30)12-19)36-25-8-6-7-21(22(25)15-31)20-16-32-27(35-5)33-17-20/h6-10,12,16-18H,11,13-14H2,1-5H3. The molecule has 0 bridgehead atoms. The molecule has 0 unspecified atom stereocenters. The van der Waals surface area contributed by atoms with E-state index in [9.17, 15) is 10.1 Å². The smallest absolute Gasteiger partial charge is 0.316 e. The second-order valence-corrected chi connectivity index (χ2v) is 10.9. The van der Waals surface area contributed by atoms with Gasteiger partial charge in [-0.15, -0.1) is 0 Å². The van der Waals surface area contributed by atoms with Crippen LogP contribution in [0.5, 0.6) is 17.5 Å². The Morgan fingerprint density at radius 2 is 1.78 bits per heavy atom. The molecule has 2 heterocycles. The largest absolute Gasteiger partial charge is 0.467 e. The summed E-state index contributed by atoms with van der Waals surface area (Å²) in [6.07, 6.45) is 5.24. The first kappa shape index (κ1) is 26.6. The average Bonchev–Trinajstić information content (AvgIpc) is 2.83. The van der Waals surface area contributed by atoms with Crippen LogP contribution in [0.1, 0.15) is 62.9 Å². The van der Waals surface area contributed by atoms with Gasteiger partial charge in [0.1, 0.15) is 23.1 Å². The van der Waals surface area contributed by atoms with Crippen molar-refractivity contribution in [3.63, 3.8) is 0 Å². The van der Waals surface area contributed by atoms with E-state index in [1.807, 2.05) is 0 Å². The molecular formula is C29H30ClN3O4. The fourth-order valence-electron chi connectivity index (χ4n) is 5.23. The Morgan fingerprint density at radius 3 is 2.38 bits per heavy atom. The fraction of sp³-hybridized carbons (Fsp3) is 0.379. The quantitative estimate of drug-likeness (QED) is 0.309. The van der Waals surface area contributed by atoms with Crippen molar-refractivity contribution >= 4 is 17.4 Å². The minimum Gasteiger partial charge on any atom is -0.467 e. The van der Waals surface area contributed by atoms with E-state index in [0.717, 1.165) is 12.8 Å². The predicted octanol–water partition coefficient (Wildman–Crippen LogP) is 7.03. The number of nitrogens with zero attached hydrogens (tertiary/aromatic N) is 3. The molecule has 3 aromatic rings. The maximum absolute atomic E-state index is 13.1. The van der Waals surface area contributed by atoms with Crippen LogP contribution in [0.4, 0.5) is 0 Å². The lowest BCUT2D eigenvalue weighted by Gasteiger charge is -2.45. The highest BCUT2D eigenvalue weighted by Crippen LogP contribution is 2.41. The molecule has 1 saturated heterocycles. The maximum Gasteiger partial charge on any atom is 0.316 e. The SMILES string of the molecule is COc1ncc(-c2cccc(Oc3ccc(C(=O)CC4CC(C)(C)OC(C)(C)C4)cc3Cl)c2C#N)cn1. The molecule has 0 saturated carbocycles. The molecule has 1 fully saturated rings. The highest BCUT2D eigenvalue weighted by atomic mass is 35.5. The maximum atomic E-state index is 13.1. The lowest BCUT2D eigenvalue weighted by molar-refractivity contribution is -0.171. The van der Waals surface area contributed by atoms with Gasteiger partial charge in [-0.25, -0.2) is 9.97 Å². The molecule has 1 aromatic heterocycles. The van der Waals surface area contributed by atoms with Gasteiger partial charge in [-0.05, 0) is 70.7 Å². The number of halogens is 1. The minimum atomic E-state index is -0.271. The van der Waals surface area contributed by atoms with Gasteiger partial charge in [0.15, 0.2) is 5.78 Å². The number of nitriles is 1. The van der Waals surface area contributed by atoms with Crippen LogP contribution in [-0.4, -0.2) is 34.1 Å². The van der Waals surface area contributed by atoms with Crippen LogP contribution in [0.25, 0.3) is 11.1 Å². The van der Waals surface area contributed by atoms with Gasteiger partial charge in [-0.1, -0.05) is 23.7 Å². The van der Waals surface area contributed by atoms with E-state index in [4.69, 9.17) is 25.8 Å². The fourth-order valence-corrected chi connectivity index (χ4v) is 5.45. The van der Waals surface area contributed by atoms with Crippen molar-refractivity contribution in [3.05, 3.63) is 64.9 Å². The molecule has 4 rings (SSSR count). The Morgan fingerprint density at radius 1 is 1.11 bits per heavy atom. The number of rotatable bonds is 7. The molecule has 0 atom stereocenters. The summed E-state index contributed by atoms with van der Waals surface area (Å²) in [5.41, 5.74) is 1.57. The van der Waals surface area contributed by atoms with E-state index < -0.39 is 0 Å². The Hall–Kier alpha value is -3.47. The summed E-state index contributed by atoms with van der Waals surface area (Å²) in [6, 6.07) is 12.7. The molecule has 0 radical (unpaired) electrons. The van der Waals surface area contributed by atoms with E-state index in [2.05, 4.69) is 43.7 Å². The molecular weight excluding hydrogens is 490 g/mol. The van der Waals surface area contributed by atoms with Gasteiger partial charge in [0.25, 0.3) is 0 Å². The topological polar surface area (TPSA) is 94.3 Å². The summed E-state index contributed by atoms with van der Waals surface area (Å²) >= 11 is 6.53. The molecule has 0 amide bonds. The van der Waals surface area contributed by atoms with Crippen molar-refractivity contribution in [1.29, 1.82) is 5.26 Å². The third kappa shape index (κ3) is 6.27. The number of methoxy groups -OCH3 is 1. The van der Waals surface area contributed by atoms with E-state index in [1.165, 1.54) is 7.11 Å². The summed E-state index contributed by atoms with van der Waals surface area (Å²) in [7, 11) is 1.49. The molecule has 0 aliphatic carbocycles. The molecule has 37 heavy (non-hydrogen) atoms. The summed E-state index contributed by atoms with van der Waals surface area (Å²) in [4.78, 5) is 21.3. The molecule has 0 spiro atoms. The van der Waals surface area contributed by atoms with E-state index >= 15 is 0 Å². The third-order valence-electron chi connectivity index (χ3n) is 6.32. The van der Waals surface area contributed by atoms with Gasteiger partial charge in [-0.2, -0.15) is 5.26 Å². The Bertz CT molecular complexity index is 1330. The lowest BCUT2D eigenvalue weighted by atomic mass is 9.78.